The van der Waals surface area contributed by atoms with Crippen LogP contribution in [0.15, 0.2) is 25.3 Å². The summed E-state index contributed by atoms with van der Waals surface area (Å²) in [5.74, 6) is 2.07. The minimum absolute atomic E-state index is 0. The summed E-state index contributed by atoms with van der Waals surface area (Å²) < 4.78 is 0. The minimum atomic E-state index is 0. The average Bonchev–Trinajstić information content (AvgIpc) is 1.69. The molecule has 8 heavy (non-hydrogen) atoms. The molecule has 0 aliphatic rings. The molecule has 0 aliphatic carbocycles. The van der Waals surface area contributed by atoms with Gasteiger partial charge in [-0.3, -0.25) is 0 Å². The van der Waals surface area contributed by atoms with Crippen molar-refractivity contribution in [3.8, 4) is 0 Å². The maximum absolute atomic E-state index is 3.58. The van der Waals surface area contributed by atoms with Crippen molar-refractivity contribution >= 4 is 49.5 Å². The Morgan fingerprint density at radius 2 is 1.50 bits per heavy atom. The van der Waals surface area contributed by atoms with Crippen LogP contribution in [0.2, 0.25) is 0 Å². The molecular formula is C6H12CaS. The van der Waals surface area contributed by atoms with Crippen LogP contribution in [0.5, 0.6) is 0 Å². The Morgan fingerprint density at radius 3 is 1.75 bits per heavy atom. The van der Waals surface area contributed by atoms with Gasteiger partial charge in [0.2, 0.25) is 0 Å². The van der Waals surface area contributed by atoms with E-state index in [0.29, 0.717) is 0 Å². The van der Waals surface area contributed by atoms with Crippen LogP contribution >= 0.6 is 11.8 Å². The van der Waals surface area contributed by atoms with Gasteiger partial charge in [-0.25, -0.2) is 0 Å². The molecule has 0 aromatic carbocycles. The normalized spacial score (nSPS) is 7.00. The number of hydrogen-bond donors (Lipinski definition) is 0. The molecule has 0 fully saturated rings. The molecule has 0 bridgehead atoms. The molecule has 44 valence electrons. The van der Waals surface area contributed by atoms with Crippen molar-refractivity contribution in [3.63, 3.8) is 0 Å². The molecule has 0 aromatic heterocycles. The molecule has 0 nitrogen and oxygen atoms in total. The molecule has 0 aliphatic heterocycles. The zero-order valence-corrected chi connectivity index (χ0v) is 5.21. The predicted octanol–water partition coefficient (Wildman–Crippen LogP) is 1.18. The Balaban J connectivity index is 0. The van der Waals surface area contributed by atoms with Crippen molar-refractivity contribution in [3.05, 3.63) is 25.3 Å². The molecule has 0 amide bonds. The summed E-state index contributed by atoms with van der Waals surface area (Å²) in [6.45, 7) is 7.15. The van der Waals surface area contributed by atoms with Crippen LogP contribution in [0.25, 0.3) is 0 Å². The molecule has 0 unspecified atom stereocenters. The van der Waals surface area contributed by atoms with Gasteiger partial charge in [0.15, 0.2) is 0 Å². The Morgan fingerprint density at radius 1 is 1.12 bits per heavy atom. The van der Waals surface area contributed by atoms with E-state index >= 15 is 0 Å². The van der Waals surface area contributed by atoms with E-state index in [2.05, 4.69) is 13.2 Å². The zero-order valence-electron chi connectivity index (χ0n) is 4.39. The van der Waals surface area contributed by atoms with E-state index in [-0.39, 0.29) is 37.7 Å². The summed E-state index contributed by atoms with van der Waals surface area (Å²) in [6, 6.07) is 0. The summed E-state index contributed by atoms with van der Waals surface area (Å²) >= 11 is 1.82. The summed E-state index contributed by atoms with van der Waals surface area (Å²) in [5.41, 5.74) is 0. The van der Waals surface area contributed by atoms with E-state index in [1.165, 1.54) is 0 Å². The fourth-order valence-corrected chi connectivity index (χ4v) is 0.704. The van der Waals surface area contributed by atoms with Gasteiger partial charge >= 0.3 is 37.7 Å². The first-order valence-electron chi connectivity index (χ1n) is 2.21. The van der Waals surface area contributed by atoms with Gasteiger partial charge in [0, 0.05) is 11.5 Å². The van der Waals surface area contributed by atoms with Crippen LogP contribution < -0.4 is 0 Å². The molecule has 2 heteroatoms. The molecule has 0 aromatic rings. The molecule has 0 rings (SSSR count). The predicted molar refractivity (Wildman–Crippen MR) is 46.3 cm³/mol. The van der Waals surface area contributed by atoms with Crippen LogP contribution in [0, 0.1) is 0 Å². The van der Waals surface area contributed by atoms with Gasteiger partial charge in [0.25, 0.3) is 0 Å². The van der Waals surface area contributed by atoms with Gasteiger partial charge in [-0.15, -0.1) is 13.2 Å². The third-order valence-electron chi connectivity index (χ3n) is 0.471. The van der Waals surface area contributed by atoms with Crippen LogP contribution in [0.4, 0.5) is 0 Å². The fourth-order valence-electron chi connectivity index (χ4n) is 0.235. The second-order valence-electron chi connectivity index (χ2n) is 1.11. The SMILES string of the molecule is C=CCSCC=C.[CaH2]. The Bertz CT molecular complexity index is 53.5. The van der Waals surface area contributed by atoms with Crippen molar-refractivity contribution < 1.29 is 0 Å². The summed E-state index contributed by atoms with van der Waals surface area (Å²) in [5, 5.41) is 0. The van der Waals surface area contributed by atoms with Crippen LogP contribution in [-0.4, -0.2) is 49.2 Å². The first kappa shape index (κ1) is 11.8. The van der Waals surface area contributed by atoms with E-state index in [1.54, 1.807) is 0 Å². The summed E-state index contributed by atoms with van der Waals surface area (Å²) in [6.07, 6.45) is 3.79. The molecular weight excluding hydrogens is 144 g/mol. The summed E-state index contributed by atoms with van der Waals surface area (Å²) in [4.78, 5) is 0. The molecule has 0 spiro atoms. The van der Waals surface area contributed by atoms with Gasteiger partial charge in [-0.1, -0.05) is 12.2 Å². The fraction of sp³-hybridized carbons (Fsp3) is 0.333. The Kier molecular flexibility index (Phi) is 16.2. The van der Waals surface area contributed by atoms with E-state index in [0.717, 1.165) is 11.5 Å². The van der Waals surface area contributed by atoms with Crippen molar-refractivity contribution in [1.29, 1.82) is 0 Å². The topological polar surface area (TPSA) is 0 Å². The van der Waals surface area contributed by atoms with Gasteiger partial charge in [0.05, 0.1) is 0 Å². The third-order valence-corrected chi connectivity index (χ3v) is 1.41. The van der Waals surface area contributed by atoms with E-state index < -0.39 is 0 Å². The van der Waals surface area contributed by atoms with Gasteiger partial charge in [0.1, 0.15) is 0 Å². The quantitative estimate of drug-likeness (QED) is 0.334. The Labute approximate surface area is 85.4 Å². The Hall–Kier alpha value is 1.09. The van der Waals surface area contributed by atoms with Crippen molar-refractivity contribution in [2.75, 3.05) is 11.5 Å². The van der Waals surface area contributed by atoms with Gasteiger partial charge < -0.3 is 0 Å². The van der Waals surface area contributed by atoms with Crippen molar-refractivity contribution in [2.24, 2.45) is 0 Å². The van der Waals surface area contributed by atoms with Crippen molar-refractivity contribution in [2.45, 2.75) is 0 Å². The molecule has 0 saturated heterocycles. The van der Waals surface area contributed by atoms with Gasteiger partial charge in [-0.2, -0.15) is 11.8 Å². The van der Waals surface area contributed by atoms with Crippen LogP contribution in [0.3, 0.4) is 0 Å². The molecule has 0 atom stereocenters. The molecule has 0 N–H and O–H groups in total. The third kappa shape index (κ3) is 10.1. The van der Waals surface area contributed by atoms with Gasteiger partial charge in [-0.05, 0) is 0 Å². The second-order valence-corrected chi connectivity index (χ2v) is 2.19. The van der Waals surface area contributed by atoms with E-state index in [1.807, 2.05) is 23.9 Å². The second kappa shape index (κ2) is 11.0. The number of hydrogen-bond acceptors (Lipinski definition) is 1. The zero-order chi connectivity index (χ0) is 5.54. The number of thioether (sulfide) groups is 1. The first-order chi connectivity index (χ1) is 3.41. The maximum atomic E-state index is 3.58. The average molecular weight is 156 g/mol. The summed E-state index contributed by atoms with van der Waals surface area (Å²) in [7, 11) is 0. The molecule has 0 radical (unpaired) electrons. The van der Waals surface area contributed by atoms with Crippen LogP contribution in [-0.2, 0) is 0 Å². The standard InChI is InChI=1S/C6H10S.Ca.2H/c1-3-5-7-6-4-2;;;/h3-4H,1-2,5-6H2;;;. The van der Waals surface area contributed by atoms with E-state index in [9.17, 15) is 0 Å². The van der Waals surface area contributed by atoms with Crippen LogP contribution in [0.1, 0.15) is 0 Å². The monoisotopic (exact) mass is 156 g/mol. The van der Waals surface area contributed by atoms with Crippen molar-refractivity contribution in [1.82, 2.24) is 0 Å². The first-order valence-corrected chi connectivity index (χ1v) is 3.37. The molecule has 0 saturated carbocycles. The molecule has 0 heterocycles. The van der Waals surface area contributed by atoms with E-state index in [4.69, 9.17) is 0 Å². The number of rotatable bonds is 4.